The van der Waals surface area contributed by atoms with Gasteiger partial charge in [-0.1, -0.05) is 42.0 Å². The number of carbonyl (C=O) groups is 1. The molecule has 1 amide bonds. The summed E-state index contributed by atoms with van der Waals surface area (Å²) < 4.78 is 10.5. The van der Waals surface area contributed by atoms with Gasteiger partial charge in [-0.25, -0.2) is 0 Å². The Morgan fingerprint density at radius 2 is 1.45 bits per heavy atom. The van der Waals surface area contributed by atoms with Crippen LogP contribution in [0.2, 0.25) is 0 Å². The maximum Gasteiger partial charge on any atom is 0.252 e. The van der Waals surface area contributed by atoms with Crippen LogP contribution in [-0.4, -0.2) is 20.1 Å². The fourth-order valence-corrected chi connectivity index (χ4v) is 3.30. The van der Waals surface area contributed by atoms with Crippen LogP contribution in [0.5, 0.6) is 11.5 Å². The second-order valence-electron chi connectivity index (χ2n) is 7.17. The Labute approximate surface area is 172 Å². The van der Waals surface area contributed by atoms with Crippen molar-refractivity contribution in [2.45, 2.75) is 26.3 Å². The Morgan fingerprint density at radius 1 is 0.862 bits per heavy atom. The molecular weight excluding hydrogens is 362 g/mol. The first-order valence-electron chi connectivity index (χ1n) is 9.65. The molecule has 4 nitrogen and oxygen atoms in total. The number of amides is 1. The number of carbonyl (C=O) groups excluding carboxylic acids is 1. The van der Waals surface area contributed by atoms with E-state index in [4.69, 9.17) is 9.47 Å². The molecule has 3 rings (SSSR count). The Kier molecular flexibility index (Phi) is 6.55. The van der Waals surface area contributed by atoms with Crippen LogP contribution >= 0.6 is 0 Å². The van der Waals surface area contributed by atoms with Crippen LogP contribution in [0.15, 0.2) is 66.7 Å². The maximum absolute atomic E-state index is 13.1. The molecule has 0 aliphatic rings. The summed E-state index contributed by atoms with van der Waals surface area (Å²) in [5.74, 6) is 1.53. The van der Waals surface area contributed by atoms with Crippen molar-refractivity contribution in [2.75, 3.05) is 14.2 Å². The number of hydrogen-bond donors (Lipinski definition) is 1. The lowest BCUT2D eigenvalue weighted by molar-refractivity contribution is 0.0936. The van der Waals surface area contributed by atoms with E-state index in [-0.39, 0.29) is 11.9 Å². The third kappa shape index (κ3) is 5.17. The quantitative estimate of drug-likeness (QED) is 0.616. The first kappa shape index (κ1) is 20.5. The molecule has 0 aromatic heterocycles. The van der Waals surface area contributed by atoms with Gasteiger partial charge in [0.15, 0.2) is 0 Å². The summed E-state index contributed by atoms with van der Waals surface area (Å²) in [7, 11) is 3.30. The van der Waals surface area contributed by atoms with Gasteiger partial charge >= 0.3 is 0 Å². The molecule has 3 aromatic rings. The molecule has 4 heteroatoms. The minimum Gasteiger partial charge on any atom is -0.497 e. The Hall–Kier alpha value is -3.27. The van der Waals surface area contributed by atoms with E-state index in [0.29, 0.717) is 12.0 Å². The SMILES string of the molecule is COc1ccc(CC(NC(=O)c2cc(C)ccc2C)c2ccc(OC)cc2)cc1. The van der Waals surface area contributed by atoms with Gasteiger partial charge in [-0.2, -0.15) is 0 Å². The molecule has 29 heavy (non-hydrogen) atoms. The normalized spacial score (nSPS) is 11.6. The summed E-state index contributed by atoms with van der Waals surface area (Å²) in [6.07, 6.45) is 0.674. The molecule has 0 saturated heterocycles. The molecule has 150 valence electrons. The Morgan fingerprint density at radius 3 is 2.03 bits per heavy atom. The highest BCUT2D eigenvalue weighted by Gasteiger charge is 2.18. The lowest BCUT2D eigenvalue weighted by Gasteiger charge is -2.21. The van der Waals surface area contributed by atoms with Crippen molar-refractivity contribution >= 4 is 5.91 Å². The van der Waals surface area contributed by atoms with Crippen molar-refractivity contribution in [2.24, 2.45) is 0 Å². The summed E-state index contributed by atoms with van der Waals surface area (Å²) in [5, 5.41) is 3.22. The first-order valence-corrected chi connectivity index (χ1v) is 9.65. The minimum absolute atomic E-state index is 0.0690. The van der Waals surface area contributed by atoms with E-state index in [0.717, 1.165) is 33.8 Å². The molecule has 1 atom stereocenters. The van der Waals surface area contributed by atoms with Gasteiger partial charge in [-0.15, -0.1) is 0 Å². The molecule has 0 radical (unpaired) electrons. The van der Waals surface area contributed by atoms with Gasteiger partial charge in [0.25, 0.3) is 5.91 Å². The average molecular weight is 389 g/mol. The van der Waals surface area contributed by atoms with Crippen LogP contribution in [0.3, 0.4) is 0 Å². The van der Waals surface area contributed by atoms with E-state index in [1.807, 2.05) is 80.6 Å². The number of hydrogen-bond acceptors (Lipinski definition) is 3. The van der Waals surface area contributed by atoms with E-state index in [1.54, 1.807) is 14.2 Å². The molecule has 0 aliphatic heterocycles. The third-order valence-corrected chi connectivity index (χ3v) is 5.06. The Bertz CT molecular complexity index is 962. The van der Waals surface area contributed by atoms with Crippen LogP contribution in [0, 0.1) is 13.8 Å². The van der Waals surface area contributed by atoms with Crippen molar-refractivity contribution in [3.8, 4) is 11.5 Å². The second kappa shape index (κ2) is 9.28. The van der Waals surface area contributed by atoms with Crippen LogP contribution in [-0.2, 0) is 6.42 Å². The van der Waals surface area contributed by atoms with Crippen molar-refractivity contribution in [3.63, 3.8) is 0 Å². The topological polar surface area (TPSA) is 47.6 Å². The van der Waals surface area contributed by atoms with Gasteiger partial charge in [0.2, 0.25) is 0 Å². The number of aryl methyl sites for hydroxylation is 2. The highest BCUT2D eigenvalue weighted by atomic mass is 16.5. The van der Waals surface area contributed by atoms with E-state index in [1.165, 1.54) is 0 Å². The lowest BCUT2D eigenvalue weighted by atomic mass is 9.97. The van der Waals surface area contributed by atoms with Crippen molar-refractivity contribution in [1.82, 2.24) is 5.32 Å². The highest BCUT2D eigenvalue weighted by molar-refractivity contribution is 5.96. The summed E-state index contributed by atoms with van der Waals surface area (Å²) >= 11 is 0. The number of nitrogens with one attached hydrogen (secondary N) is 1. The molecule has 0 fully saturated rings. The van der Waals surface area contributed by atoms with Crippen LogP contribution in [0.25, 0.3) is 0 Å². The summed E-state index contributed by atoms with van der Waals surface area (Å²) in [4.78, 5) is 13.1. The van der Waals surface area contributed by atoms with Crippen LogP contribution in [0.4, 0.5) is 0 Å². The van der Waals surface area contributed by atoms with Crippen molar-refractivity contribution < 1.29 is 14.3 Å². The number of methoxy groups -OCH3 is 2. The Balaban J connectivity index is 1.88. The average Bonchev–Trinajstić information content (AvgIpc) is 2.75. The smallest absolute Gasteiger partial charge is 0.252 e. The second-order valence-corrected chi connectivity index (χ2v) is 7.17. The molecule has 1 unspecified atom stereocenters. The van der Waals surface area contributed by atoms with Crippen molar-refractivity contribution in [3.05, 3.63) is 94.5 Å². The fourth-order valence-electron chi connectivity index (χ4n) is 3.30. The number of benzene rings is 3. The first-order chi connectivity index (χ1) is 14.0. The maximum atomic E-state index is 13.1. The molecule has 0 spiro atoms. The van der Waals surface area contributed by atoms with E-state index in [2.05, 4.69) is 5.32 Å². The zero-order valence-electron chi connectivity index (χ0n) is 17.4. The highest BCUT2D eigenvalue weighted by Crippen LogP contribution is 2.24. The minimum atomic E-state index is -0.165. The van der Waals surface area contributed by atoms with Gasteiger partial charge < -0.3 is 14.8 Å². The third-order valence-electron chi connectivity index (χ3n) is 5.06. The zero-order chi connectivity index (χ0) is 20.8. The van der Waals surface area contributed by atoms with Crippen molar-refractivity contribution in [1.29, 1.82) is 0 Å². The summed E-state index contributed by atoms with van der Waals surface area (Å²) in [6.45, 7) is 3.95. The van der Waals surface area contributed by atoms with E-state index >= 15 is 0 Å². The fraction of sp³-hybridized carbons (Fsp3) is 0.240. The number of ether oxygens (including phenoxy) is 2. The number of rotatable bonds is 7. The molecule has 0 heterocycles. The predicted octanol–water partition coefficient (Wildman–Crippen LogP) is 5.03. The molecule has 0 saturated carbocycles. The largest absolute Gasteiger partial charge is 0.497 e. The lowest BCUT2D eigenvalue weighted by Crippen LogP contribution is -2.30. The summed E-state index contributed by atoms with van der Waals surface area (Å²) in [6, 6.07) is 21.5. The standard InChI is InChI=1S/C25H27NO3/c1-17-5-6-18(2)23(15-17)25(27)26-24(20-9-13-22(29-4)14-10-20)16-19-7-11-21(28-3)12-8-19/h5-15,24H,16H2,1-4H3,(H,26,27). The van der Waals surface area contributed by atoms with Gasteiger partial charge in [0.05, 0.1) is 20.3 Å². The molecule has 3 aromatic carbocycles. The van der Waals surface area contributed by atoms with Crippen LogP contribution < -0.4 is 14.8 Å². The molecular formula is C25H27NO3. The zero-order valence-corrected chi connectivity index (χ0v) is 17.4. The van der Waals surface area contributed by atoms with E-state index < -0.39 is 0 Å². The van der Waals surface area contributed by atoms with Gasteiger partial charge in [-0.3, -0.25) is 4.79 Å². The van der Waals surface area contributed by atoms with Crippen LogP contribution in [0.1, 0.15) is 38.7 Å². The molecule has 1 N–H and O–H groups in total. The predicted molar refractivity (Wildman–Crippen MR) is 116 cm³/mol. The van der Waals surface area contributed by atoms with Gasteiger partial charge in [-0.05, 0) is 67.3 Å². The molecule has 0 aliphatic carbocycles. The molecule has 0 bridgehead atoms. The van der Waals surface area contributed by atoms with E-state index in [9.17, 15) is 4.79 Å². The monoisotopic (exact) mass is 389 g/mol. The van der Waals surface area contributed by atoms with Gasteiger partial charge in [0, 0.05) is 5.56 Å². The van der Waals surface area contributed by atoms with Gasteiger partial charge in [0.1, 0.15) is 11.5 Å². The summed E-state index contributed by atoms with van der Waals surface area (Å²) in [5.41, 5.74) is 4.88.